The number of nitrogens with two attached hydrogens (primary N) is 1. The number of rotatable bonds is 11. The van der Waals surface area contributed by atoms with E-state index in [-0.39, 0.29) is 35.1 Å². The van der Waals surface area contributed by atoms with Gasteiger partial charge in [0.1, 0.15) is 17.0 Å². The maximum absolute atomic E-state index is 13.0. The normalized spacial score (nSPS) is 11.2. The number of aromatic nitrogens is 5. The van der Waals surface area contributed by atoms with E-state index in [1.54, 1.807) is 45.8 Å². The second kappa shape index (κ2) is 11.4. The van der Waals surface area contributed by atoms with Crippen LogP contribution in [0.2, 0.25) is 0 Å². The summed E-state index contributed by atoms with van der Waals surface area (Å²) in [5, 5.41) is 21.7. The summed E-state index contributed by atoms with van der Waals surface area (Å²) in [4.78, 5) is 44.4. The number of nitrogens with one attached hydrogen (secondary N) is 2. The summed E-state index contributed by atoms with van der Waals surface area (Å²) >= 11 is 0. The third-order valence-electron chi connectivity index (χ3n) is 5.80. The predicted octanol–water partition coefficient (Wildman–Crippen LogP) is 2.89. The van der Waals surface area contributed by atoms with Crippen molar-refractivity contribution in [1.82, 2.24) is 24.3 Å². The van der Waals surface area contributed by atoms with Crippen LogP contribution in [-0.2, 0) is 13.1 Å². The Kier molecular flexibility index (Phi) is 7.84. The summed E-state index contributed by atoms with van der Waals surface area (Å²) in [6.07, 6.45) is 5.18. The van der Waals surface area contributed by atoms with Crippen LogP contribution in [0.3, 0.4) is 0 Å². The smallest absolute Gasteiger partial charge is 0.296 e. The molecule has 0 saturated carbocycles. The zero-order chi connectivity index (χ0) is 28.1. The highest BCUT2D eigenvalue weighted by Gasteiger charge is 2.22. The van der Waals surface area contributed by atoms with Crippen molar-refractivity contribution in [2.24, 2.45) is 5.73 Å². The van der Waals surface area contributed by atoms with Crippen LogP contribution in [0, 0.1) is 17.0 Å². The second-order valence-corrected chi connectivity index (χ2v) is 8.38. The lowest BCUT2D eigenvalue weighted by atomic mass is 10.1. The number of nitro benzene ring substituents is 1. The van der Waals surface area contributed by atoms with E-state index in [0.29, 0.717) is 35.9 Å². The van der Waals surface area contributed by atoms with E-state index < -0.39 is 10.8 Å². The molecule has 0 aliphatic carbocycles. The van der Waals surface area contributed by atoms with Crippen LogP contribution in [-0.4, -0.2) is 54.7 Å². The Hall–Kier alpha value is -5.27. The van der Waals surface area contributed by atoms with E-state index in [0.717, 1.165) is 11.8 Å². The Labute approximate surface area is 222 Å². The molecule has 4 N–H and O–H groups in total. The number of hydrogen-bond acceptors (Lipinski definition) is 9. The van der Waals surface area contributed by atoms with Gasteiger partial charge in [-0.15, -0.1) is 0 Å². The van der Waals surface area contributed by atoms with E-state index in [4.69, 9.17) is 10.5 Å². The zero-order valence-electron chi connectivity index (χ0n) is 21.5. The number of imidazole rings is 1. The number of primary amides is 1. The summed E-state index contributed by atoms with van der Waals surface area (Å²) in [5.74, 6) is -0.727. The Morgan fingerprint density at radius 1 is 1.26 bits per heavy atom. The number of ether oxygens (including phenoxy) is 1. The maximum atomic E-state index is 13.0. The van der Waals surface area contributed by atoms with Gasteiger partial charge < -0.3 is 15.8 Å². The van der Waals surface area contributed by atoms with Gasteiger partial charge in [0.05, 0.1) is 17.7 Å². The number of hydrogen-bond donors (Lipinski definition) is 3. The number of allylic oxidation sites excluding steroid dienone is 1. The number of carbonyl (C=O) groups is 2. The van der Waals surface area contributed by atoms with E-state index in [2.05, 4.69) is 25.7 Å². The number of fused-ring (bicyclic) bond motifs is 1. The molecule has 0 fully saturated rings. The largest absolute Gasteiger partial charge is 0.494 e. The lowest BCUT2D eigenvalue weighted by Crippen LogP contribution is -2.20. The van der Waals surface area contributed by atoms with Crippen molar-refractivity contribution in [1.29, 1.82) is 0 Å². The number of anilines is 2. The maximum Gasteiger partial charge on any atom is 0.296 e. The Morgan fingerprint density at radius 2 is 2.05 bits per heavy atom. The van der Waals surface area contributed by atoms with E-state index >= 15 is 0 Å². The molecule has 4 rings (SSSR count). The molecule has 39 heavy (non-hydrogen) atoms. The van der Waals surface area contributed by atoms with Crippen LogP contribution in [0.1, 0.15) is 33.5 Å². The molecule has 14 nitrogen and oxygen atoms in total. The highest BCUT2D eigenvalue weighted by atomic mass is 16.6. The quantitative estimate of drug-likeness (QED) is 0.148. The summed E-state index contributed by atoms with van der Waals surface area (Å²) in [7, 11) is 1.34. The molecule has 14 heteroatoms. The van der Waals surface area contributed by atoms with Crippen LogP contribution in [0.25, 0.3) is 11.2 Å². The van der Waals surface area contributed by atoms with E-state index in [1.165, 1.54) is 13.2 Å². The predicted molar refractivity (Wildman–Crippen MR) is 144 cm³/mol. The number of methoxy groups -OCH3 is 1. The van der Waals surface area contributed by atoms with Gasteiger partial charge in [0.15, 0.2) is 11.3 Å². The van der Waals surface area contributed by atoms with E-state index in [1.807, 2.05) is 13.8 Å². The zero-order valence-corrected chi connectivity index (χ0v) is 21.5. The fourth-order valence-electron chi connectivity index (χ4n) is 4.01. The van der Waals surface area contributed by atoms with Gasteiger partial charge in [0.25, 0.3) is 11.6 Å². The lowest BCUT2D eigenvalue weighted by molar-refractivity contribution is -0.384. The van der Waals surface area contributed by atoms with Crippen LogP contribution in [0.4, 0.5) is 17.3 Å². The van der Waals surface area contributed by atoms with Crippen molar-refractivity contribution >= 4 is 40.3 Å². The standard InChI is InChI=1S/C25H27N9O5/c1-4-33-19(12-15(2)31-33)24(36)30-25-29-17-8-7-10-28-23(17)32(25)11-6-5-9-27-21-18(34(37)38)13-16(22(26)35)14-20(21)39-3/h5-8,10,12-14,27H,4,9,11H2,1-3H3,(H2,26,35)(H,29,30,36). The Bertz CT molecular complexity index is 1590. The number of aryl methyl sites for hydroxylation is 2. The number of carbonyl (C=O) groups excluding carboxylic acids is 2. The fraction of sp³-hybridized carbons (Fsp3) is 0.240. The molecule has 0 bridgehead atoms. The molecule has 0 radical (unpaired) electrons. The number of nitro groups is 1. The molecular formula is C25H27N9O5. The first-order valence-corrected chi connectivity index (χ1v) is 12.0. The van der Waals surface area contributed by atoms with Crippen molar-refractivity contribution in [3.63, 3.8) is 0 Å². The van der Waals surface area contributed by atoms with E-state index in [9.17, 15) is 19.7 Å². The number of amides is 2. The summed E-state index contributed by atoms with van der Waals surface area (Å²) < 4.78 is 8.59. The molecular weight excluding hydrogens is 506 g/mol. The number of nitrogens with zero attached hydrogens (tertiary/aromatic N) is 6. The molecule has 0 aliphatic heterocycles. The van der Waals surface area contributed by atoms with Crippen molar-refractivity contribution in [3.05, 3.63) is 75.7 Å². The van der Waals surface area contributed by atoms with Gasteiger partial charge >= 0.3 is 0 Å². The molecule has 0 spiro atoms. The Morgan fingerprint density at radius 3 is 2.74 bits per heavy atom. The monoisotopic (exact) mass is 533 g/mol. The molecule has 0 aliphatic rings. The minimum absolute atomic E-state index is 0.0362. The van der Waals surface area contributed by atoms with Crippen LogP contribution in [0.15, 0.2) is 48.7 Å². The first-order chi connectivity index (χ1) is 18.7. The molecule has 4 aromatic rings. The van der Waals surface area contributed by atoms with Crippen LogP contribution >= 0.6 is 0 Å². The third-order valence-corrected chi connectivity index (χ3v) is 5.80. The average molecular weight is 534 g/mol. The van der Waals surface area contributed by atoms with Crippen molar-refractivity contribution < 1.29 is 19.2 Å². The van der Waals surface area contributed by atoms with Crippen molar-refractivity contribution in [3.8, 4) is 5.75 Å². The van der Waals surface area contributed by atoms with Gasteiger partial charge in [0.2, 0.25) is 11.9 Å². The van der Waals surface area contributed by atoms with Crippen molar-refractivity contribution in [2.75, 3.05) is 24.3 Å². The molecule has 0 saturated heterocycles. The molecule has 3 aromatic heterocycles. The van der Waals surface area contributed by atoms with Crippen molar-refractivity contribution in [2.45, 2.75) is 26.9 Å². The molecule has 0 unspecified atom stereocenters. The summed E-state index contributed by atoms with van der Waals surface area (Å²) in [5.41, 5.74) is 7.34. The number of pyridine rings is 1. The number of benzene rings is 1. The van der Waals surface area contributed by atoms with Gasteiger partial charge in [-0.1, -0.05) is 12.2 Å². The minimum Gasteiger partial charge on any atom is -0.494 e. The SMILES string of the molecule is CCn1nc(C)cc1C(=O)Nc1nc2cccnc2n1CC=CCNc1c(OC)cc(C(N)=O)cc1[N+](=O)[O-]. The molecule has 0 atom stereocenters. The first kappa shape index (κ1) is 26.8. The molecule has 202 valence electrons. The fourth-order valence-corrected chi connectivity index (χ4v) is 4.01. The van der Waals surface area contributed by atoms with Gasteiger partial charge in [-0.2, -0.15) is 5.10 Å². The highest BCUT2D eigenvalue weighted by Crippen LogP contribution is 2.35. The third kappa shape index (κ3) is 5.69. The first-order valence-electron chi connectivity index (χ1n) is 12.0. The lowest BCUT2D eigenvalue weighted by Gasteiger charge is -2.11. The summed E-state index contributed by atoms with van der Waals surface area (Å²) in [6.45, 7) is 4.76. The van der Waals surface area contributed by atoms with Gasteiger partial charge in [-0.3, -0.25) is 34.3 Å². The second-order valence-electron chi connectivity index (χ2n) is 8.38. The van der Waals surface area contributed by atoms with Crippen LogP contribution < -0.4 is 21.1 Å². The average Bonchev–Trinajstić information content (AvgIpc) is 3.47. The van der Waals surface area contributed by atoms with Gasteiger partial charge in [-0.25, -0.2) is 9.97 Å². The minimum atomic E-state index is -0.804. The Balaban J connectivity index is 1.53. The van der Waals surface area contributed by atoms with Crippen LogP contribution in [0.5, 0.6) is 5.75 Å². The summed E-state index contributed by atoms with van der Waals surface area (Å²) in [6, 6.07) is 7.69. The van der Waals surface area contributed by atoms with Gasteiger partial charge in [-0.05, 0) is 38.1 Å². The highest BCUT2D eigenvalue weighted by molar-refractivity contribution is 6.03. The molecule has 1 aromatic carbocycles. The molecule has 3 heterocycles. The van der Waals surface area contributed by atoms with Gasteiger partial charge in [0, 0.05) is 37.5 Å². The molecule has 2 amide bonds. The topological polar surface area (TPSA) is 185 Å².